The van der Waals surface area contributed by atoms with Crippen molar-refractivity contribution in [1.29, 1.82) is 0 Å². The first-order valence-corrected chi connectivity index (χ1v) is 6.54. The number of H-pyrrole nitrogens is 1. The standard InChI is InChI=1S/C11H14N4O2S/c1-2-9-13-10(15-14-9)11(17)12-5-8(16)7-3-4-18-6-7/h3-4,6,8,16H,2,5H2,1H3,(H,12,17)(H,13,14,15). The average molecular weight is 266 g/mol. The molecule has 7 heteroatoms. The minimum atomic E-state index is -0.704. The molecule has 1 amide bonds. The Labute approximate surface area is 108 Å². The summed E-state index contributed by atoms with van der Waals surface area (Å²) in [7, 11) is 0. The number of nitrogens with zero attached hydrogens (tertiary/aromatic N) is 2. The molecule has 2 aromatic rings. The zero-order valence-corrected chi connectivity index (χ0v) is 10.7. The third kappa shape index (κ3) is 2.93. The third-order valence-corrected chi connectivity index (χ3v) is 3.16. The van der Waals surface area contributed by atoms with Crippen LogP contribution in [-0.2, 0) is 6.42 Å². The van der Waals surface area contributed by atoms with Crippen molar-refractivity contribution in [3.8, 4) is 0 Å². The fourth-order valence-corrected chi connectivity index (χ4v) is 2.11. The molecule has 6 nitrogen and oxygen atoms in total. The minimum Gasteiger partial charge on any atom is -0.387 e. The summed E-state index contributed by atoms with van der Waals surface area (Å²) < 4.78 is 0. The first-order chi connectivity index (χ1) is 8.70. The van der Waals surface area contributed by atoms with Crippen LogP contribution in [0.15, 0.2) is 16.8 Å². The van der Waals surface area contributed by atoms with Gasteiger partial charge in [0.1, 0.15) is 5.82 Å². The van der Waals surface area contributed by atoms with Crippen LogP contribution in [0.4, 0.5) is 0 Å². The molecule has 2 rings (SSSR count). The maximum absolute atomic E-state index is 11.7. The van der Waals surface area contributed by atoms with Gasteiger partial charge in [-0.2, -0.15) is 11.3 Å². The second kappa shape index (κ2) is 5.74. The minimum absolute atomic E-state index is 0.101. The van der Waals surface area contributed by atoms with Gasteiger partial charge in [0.25, 0.3) is 5.91 Å². The number of hydrogen-bond acceptors (Lipinski definition) is 5. The molecule has 0 aliphatic rings. The van der Waals surface area contributed by atoms with Crippen molar-refractivity contribution in [2.45, 2.75) is 19.4 Å². The number of hydrogen-bond donors (Lipinski definition) is 3. The molecule has 0 radical (unpaired) electrons. The molecule has 0 spiro atoms. The van der Waals surface area contributed by atoms with Crippen molar-refractivity contribution >= 4 is 17.2 Å². The lowest BCUT2D eigenvalue weighted by molar-refractivity contribution is 0.0906. The quantitative estimate of drug-likeness (QED) is 0.749. The van der Waals surface area contributed by atoms with Crippen LogP contribution in [0.3, 0.4) is 0 Å². The van der Waals surface area contributed by atoms with E-state index in [2.05, 4.69) is 20.5 Å². The summed E-state index contributed by atoms with van der Waals surface area (Å²) in [6.45, 7) is 2.06. The smallest absolute Gasteiger partial charge is 0.291 e. The lowest BCUT2D eigenvalue weighted by atomic mass is 10.2. The van der Waals surface area contributed by atoms with Crippen molar-refractivity contribution in [1.82, 2.24) is 20.5 Å². The van der Waals surface area contributed by atoms with Gasteiger partial charge in [-0.15, -0.1) is 5.10 Å². The fourth-order valence-electron chi connectivity index (χ4n) is 1.41. The number of carbonyl (C=O) groups is 1. The average Bonchev–Trinajstić information content (AvgIpc) is 3.05. The van der Waals surface area contributed by atoms with E-state index in [4.69, 9.17) is 0 Å². The zero-order chi connectivity index (χ0) is 13.0. The summed E-state index contributed by atoms with van der Waals surface area (Å²) in [5.41, 5.74) is 0.796. The second-order valence-corrected chi connectivity index (χ2v) is 4.52. The number of nitrogens with one attached hydrogen (secondary N) is 2. The SMILES string of the molecule is CCc1nc(C(=O)NCC(O)c2ccsc2)n[nH]1. The summed E-state index contributed by atoms with van der Waals surface area (Å²) in [6.07, 6.45) is -0.0116. The molecule has 96 valence electrons. The van der Waals surface area contributed by atoms with E-state index in [0.717, 1.165) is 5.56 Å². The largest absolute Gasteiger partial charge is 0.387 e. The highest BCUT2D eigenvalue weighted by Crippen LogP contribution is 2.15. The number of carbonyl (C=O) groups excluding carboxylic acids is 1. The first kappa shape index (κ1) is 12.7. The number of aliphatic hydroxyl groups is 1. The topological polar surface area (TPSA) is 90.9 Å². The summed E-state index contributed by atoms with van der Waals surface area (Å²) in [4.78, 5) is 15.7. The molecule has 2 heterocycles. The fraction of sp³-hybridized carbons (Fsp3) is 0.364. The van der Waals surface area contributed by atoms with Crippen LogP contribution in [0.5, 0.6) is 0 Å². The van der Waals surface area contributed by atoms with Gasteiger partial charge in [-0.05, 0) is 22.4 Å². The molecule has 1 unspecified atom stereocenters. The normalized spacial score (nSPS) is 12.3. The van der Waals surface area contributed by atoms with E-state index in [1.165, 1.54) is 11.3 Å². The number of aryl methyl sites for hydroxylation is 1. The molecule has 18 heavy (non-hydrogen) atoms. The van der Waals surface area contributed by atoms with Crippen LogP contribution < -0.4 is 5.32 Å². The van der Waals surface area contributed by atoms with Gasteiger partial charge >= 0.3 is 0 Å². The van der Waals surface area contributed by atoms with Crippen molar-refractivity contribution in [3.63, 3.8) is 0 Å². The van der Waals surface area contributed by atoms with Gasteiger partial charge in [0.2, 0.25) is 5.82 Å². The Hall–Kier alpha value is -1.73. The van der Waals surface area contributed by atoms with E-state index in [1.54, 1.807) is 0 Å². The number of aromatic amines is 1. The van der Waals surface area contributed by atoms with Crippen molar-refractivity contribution in [3.05, 3.63) is 34.0 Å². The van der Waals surface area contributed by atoms with Gasteiger partial charge in [0.15, 0.2) is 0 Å². The van der Waals surface area contributed by atoms with E-state index in [0.29, 0.717) is 12.2 Å². The lowest BCUT2D eigenvalue weighted by Crippen LogP contribution is -2.29. The van der Waals surface area contributed by atoms with E-state index in [9.17, 15) is 9.90 Å². The Bertz CT molecular complexity index is 509. The van der Waals surface area contributed by atoms with Crippen LogP contribution in [0.25, 0.3) is 0 Å². The molecule has 0 bridgehead atoms. The maximum Gasteiger partial charge on any atom is 0.291 e. The molecular weight excluding hydrogens is 252 g/mol. The van der Waals surface area contributed by atoms with Crippen LogP contribution in [-0.4, -0.2) is 32.7 Å². The highest BCUT2D eigenvalue weighted by Gasteiger charge is 2.14. The van der Waals surface area contributed by atoms with Gasteiger partial charge in [-0.3, -0.25) is 9.89 Å². The summed E-state index contributed by atoms with van der Waals surface area (Å²) in [5.74, 6) is 0.378. The van der Waals surface area contributed by atoms with E-state index in [-0.39, 0.29) is 18.3 Å². The Morgan fingerprint density at radius 2 is 2.50 bits per heavy atom. The van der Waals surface area contributed by atoms with Crippen LogP contribution in [0.1, 0.15) is 35.0 Å². The third-order valence-electron chi connectivity index (χ3n) is 2.45. The predicted octanol–water partition coefficient (Wildman–Crippen LogP) is 0.892. The predicted molar refractivity (Wildman–Crippen MR) is 67.4 cm³/mol. The molecule has 0 aliphatic heterocycles. The summed E-state index contributed by atoms with van der Waals surface area (Å²) in [6, 6.07) is 1.82. The molecule has 3 N–H and O–H groups in total. The Morgan fingerprint density at radius 1 is 1.67 bits per heavy atom. The number of thiophene rings is 1. The molecule has 1 atom stereocenters. The van der Waals surface area contributed by atoms with E-state index >= 15 is 0 Å². The van der Waals surface area contributed by atoms with Gasteiger partial charge in [-0.25, -0.2) is 4.98 Å². The monoisotopic (exact) mass is 266 g/mol. The summed E-state index contributed by atoms with van der Waals surface area (Å²) >= 11 is 1.50. The zero-order valence-electron chi connectivity index (χ0n) is 9.88. The van der Waals surface area contributed by atoms with Crippen molar-refractivity contribution in [2.75, 3.05) is 6.54 Å². The van der Waals surface area contributed by atoms with Crippen molar-refractivity contribution in [2.24, 2.45) is 0 Å². The van der Waals surface area contributed by atoms with Gasteiger partial charge in [-0.1, -0.05) is 6.92 Å². The Balaban J connectivity index is 1.88. The molecule has 0 saturated heterocycles. The molecule has 0 saturated carbocycles. The van der Waals surface area contributed by atoms with Crippen LogP contribution in [0, 0.1) is 0 Å². The van der Waals surface area contributed by atoms with Gasteiger partial charge in [0, 0.05) is 13.0 Å². The van der Waals surface area contributed by atoms with Crippen molar-refractivity contribution < 1.29 is 9.90 Å². The summed E-state index contributed by atoms with van der Waals surface area (Å²) in [5, 5.41) is 22.6. The van der Waals surface area contributed by atoms with E-state index < -0.39 is 6.10 Å². The molecule has 2 aromatic heterocycles. The van der Waals surface area contributed by atoms with Crippen LogP contribution >= 0.6 is 11.3 Å². The van der Waals surface area contributed by atoms with Crippen LogP contribution in [0.2, 0.25) is 0 Å². The number of aromatic nitrogens is 3. The maximum atomic E-state index is 11.7. The lowest BCUT2D eigenvalue weighted by Gasteiger charge is -2.08. The highest BCUT2D eigenvalue weighted by atomic mass is 32.1. The van der Waals surface area contributed by atoms with Gasteiger partial charge in [0.05, 0.1) is 6.10 Å². The molecule has 0 fully saturated rings. The van der Waals surface area contributed by atoms with Gasteiger partial charge < -0.3 is 10.4 Å². The first-order valence-electron chi connectivity index (χ1n) is 5.60. The number of aliphatic hydroxyl groups excluding tert-OH is 1. The molecule has 0 aromatic carbocycles. The highest BCUT2D eigenvalue weighted by molar-refractivity contribution is 7.07. The Morgan fingerprint density at radius 3 is 3.11 bits per heavy atom. The number of rotatable bonds is 5. The second-order valence-electron chi connectivity index (χ2n) is 3.74. The number of amides is 1. The molecule has 0 aliphatic carbocycles. The van der Waals surface area contributed by atoms with E-state index in [1.807, 2.05) is 23.8 Å². The Kier molecular flexibility index (Phi) is 4.06. The molecular formula is C11H14N4O2S.